The van der Waals surface area contributed by atoms with Crippen LogP contribution in [0.4, 0.5) is 0 Å². The third kappa shape index (κ3) is 6.78. The van der Waals surface area contributed by atoms with Gasteiger partial charge in [0.05, 0.1) is 20.2 Å². The highest BCUT2D eigenvalue weighted by Crippen LogP contribution is 1.68. The molecule has 0 aliphatic carbocycles. The lowest BCUT2D eigenvalue weighted by Crippen LogP contribution is -2.24. The number of esters is 1. The van der Waals surface area contributed by atoms with Gasteiger partial charge in [0.15, 0.2) is 0 Å². The first-order chi connectivity index (χ1) is 5.66. The topological polar surface area (TPSA) is 55.4 Å². The van der Waals surface area contributed by atoms with Gasteiger partial charge in [-0.2, -0.15) is 0 Å². The predicted octanol–water partition coefficient (Wildman–Crippen LogP) is -0.659. The Morgan fingerprint density at radius 2 is 2.17 bits per heavy atom. The van der Waals surface area contributed by atoms with Crippen LogP contribution in [-0.2, 0) is 14.3 Å². The molecule has 0 atom stereocenters. The summed E-state index contributed by atoms with van der Waals surface area (Å²) in [5, 5.41) is 2.69. The van der Waals surface area contributed by atoms with E-state index < -0.39 is 0 Å². The SMILES string of the molecule is COC(=O)CNCC#CC(C)=O. The van der Waals surface area contributed by atoms with E-state index in [1.165, 1.54) is 14.0 Å². The normalized spacial score (nSPS) is 8.17. The Balaban J connectivity index is 3.41. The van der Waals surface area contributed by atoms with Crippen LogP contribution >= 0.6 is 0 Å². The smallest absolute Gasteiger partial charge is 0.319 e. The number of Topliss-reactive ketones (excluding diaryl/α,β-unsaturated/α-hetero) is 1. The highest BCUT2D eigenvalue weighted by molar-refractivity contribution is 5.93. The second kappa shape index (κ2) is 6.38. The number of carbonyl (C=O) groups is 2. The van der Waals surface area contributed by atoms with Gasteiger partial charge in [-0.05, 0) is 5.92 Å². The lowest BCUT2D eigenvalue weighted by molar-refractivity contribution is -0.139. The number of carbonyl (C=O) groups excluding carboxylic acids is 2. The van der Waals surface area contributed by atoms with Crippen LogP contribution in [0.25, 0.3) is 0 Å². The summed E-state index contributed by atoms with van der Waals surface area (Å²) in [6.45, 7) is 1.81. The van der Waals surface area contributed by atoms with E-state index >= 15 is 0 Å². The third-order valence-corrected chi connectivity index (χ3v) is 0.975. The largest absolute Gasteiger partial charge is 0.468 e. The summed E-state index contributed by atoms with van der Waals surface area (Å²) in [4.78, 5) is 20.8. The average Bonchev–Trinajstić information content (AvgIpc) is 2.03. The minimum absolute atomic E-state index is 0.114. The maximum atomic E-state index is 10.5. The molecule has 0 spiro atoms. The Hall–Kier alpha value is -1.34. The fourth-order valence-corrected chi connectivity index (χ4v) is 0.468. The molecule has 1 N–H and O–H groups in total. The molecule has 0 bridgehead atoms. The summed E-state index contributed by atoms with van der Waals surface area (Å²) in [5.41, 5.74) is 0. The summed E-state index contributed by atoms with van der Waals surface area (Å²) in [6.07, 6.45) is 0. The average molecular weight is 169 g/mol. The number of rotatable bonds is 3. The molecule has 0 rings (SSSR count). The van der Waals surface area contributed by atoms with E-state index in [1.54, 1.807) is 0 Å². The van der Waals surface area contributed by atoms with Gasteiger partial charge in [-0.3, -0.25) is 14.9 Å². The van der Waals surface area contributed by atoms with Crippen molar-refractivity contribution in [2.45, 2.75) is 6.92 Å². The first-order valence-electron chi connectivity index (χ1n) is 3.43. The molecular weight excluding hydrogens is 158 g/mol. The van der Waals surface area contributed by atoms with Gasteiger partial charge >= 0.3 is 5.97 Å². The Morgan fingerprint density at radius 3 is 2.67 bits per heavy atom. The Kier molecular flexibility index (Phi) is 5.66. The number of hydrogen-bond acceptors (Lipinski definition) is 4. The predicted molar refractivity (Wildman–Crippen MR) is 43.3 cm³/mol. The number of ketones is 1. The molecule has 4 nitrogen and oxygen atoms in total. The lowest BCUT2D eigenvalue weighted by atomic mass is 10.4. The molecule has 0 fully saturated rings. The fraction of sp³-hybridized carbons (Fsp3) is 0.500. The first kappa shape index (κ1) is 10.7. The van der Waals surface area contributed by atoms with E-state index in [-0.39, 0.29) is 18.3 Å². The van der Waals surface area contributed by atoms with Crippen LogP contribution in [0.5, 0.6) is 0 Å². The van der Waals surface area contributed by atoms with Gasteiger partial charge < -0.3 is 4.74 Å². The highest BCUT2D eigenvalue weighted by atomic mass is 16.5. The molecule has 0 aromatic rings. The molecule has 0 aliphatic heterocycles. The zero-order chi connectivity index (χ0) is 9.40. The number of nitrogens with one attached hydrogen (secondary N) is 1. The van der Waals surface area contributed by atoms with Crippen LogP contribution in [0.15, 0.2) is 0 Å². The van der Waals surface area contributed by atoms with Gasteiger partial charge in [0.1, 0.15) is 0 Å². The van der Waals surface area contributed by atoms with Crippen LogP contribution in [0, 0.1) is 11.8 Å². The van der Waals surface area contributed by atoms with Crippen molar-refractivity contribution in [3.05, 3.63) is 0 Å². The van der Waals surface area contributed by atoms with Crippen LogP contribution < -0.4 is 5.32 Å². The van der Waals surface area contributed by atoms with Gasteiger partial charge in [-0.25, -0.2) is 0 Å². The van der Waals surface area contributed by atoms with E-state index in [2.05, 4.69) is 21.9 Å². The van der Waals surface area contributed by atoms with Crippen molar-refractivity contribution < 1.29 is 14.3 Å². The van der Waals surface area contributed by atoms with E-state index in [0.29, 0.717) is 6.54 Å². The quantitative estimate of drug-likeness (QED) is 0.264. The lowest BCUT2D eigenvalue weighted by Gasteiger charge is -1.96. The zero-order valence-corrected chi connectivity index (χ0v) is 7.14. The fourth-order valence-electron chi connectivity index (χ4n) is 0.468. The van der Waals surface area contributed by atoms with Crippen LogP contribution in [-0.4, -0.2) is 32.0 Å². The first-order valence-corrected chi connectivity index (χ1v) is 3.43. The summed E-state index contributed by atoms with van der Waals surface area (Å²) < 4.78 is 4.36. The standard InChI is InChI=1S/C8H11NO3/c1-7(10)4-3-5-9-6-8(11)12-2/h9H,5-6H2,1-2H3. The molecule has 0 amide bonds. The van der Waals surface area contributed by atoms with E-state index in [9.17, 15) is 9.59 Å². The summed E-state index contributed by atoms with van der Waals surface area (Å²) >= 11 is 0. The van der Waals surface area contributed by atoms with E-state index in [1.807, 2.05) is 0 Å². The van der Waals surface area contributed by atoms with Crippen molar-refractivity contribution in [1.29, 1.82) is 0 Å². The maximum absolute atomic E-state index is 10.5. The number of methoxy groups -OCH3 is 1. The molecule has 0 saturated heterocycles. The molecular formula is C8H11NO3. The van der Waals surface area contributed by atoms with Crippen molar-refractivity contribution in [3.8, 4) is 11.8 Å². The maximum Gasteiger partial charge on any atom is 0.319 e. The highest BCUT2D eigenvalue weighted by Gasteiger charge is 1.95. The molecule has 0 saturated carbocycles. The van der Waals surface area contributed by atoms with Crippen molar-refractivity contribution in [2.75, 3.05) is 20.2 Å². The summed E-state index contributed by atoms with van der Waals surface area (Å²) in [7, 11) is 1.31. The molecule has 0 aromatic carbocycles. The van der Waals surface area contributed by atoms with Gasteiger partial charge in [-0.15, -0.1) is 0 Å². The van der Waals surface area contributed by atoms with Crippen LogP contribution in [0.3, 0.4) is 0 Å². The number of hydrogen-bond donors (Lipinski definition) is 1. The van der Waals surface area contributed by atoms with Crippen molar-refractivity contribution in [3.63, 3.8) is 0 Å². The van der Waals surface area contributed by atoms with Crippen molar-refractivity contribution in [1.82, 2.24) is 5.32 Å². The van der Waals surface area contributed by atoms with Crippen molar-refractivity contribution in [2.24, 2.45) is 0 Å². The van der Waals surface area contributed by atoms with E-state index in [4.69, 9.17) is 0 Å². The second-order valence-electron chi connectivity index (χ2n) is 2.04. The van der Waals surface area contributed by atoms with E-state index in [0.717, 1.165) is 0 Å². The molecule has 0 aliphatic rings. The van der Waals surface area contributed by atoms with Crippen molar-refractivity contribution >= 4 is 11.8 Å². The monoisotopic (exact) mass is 169 g/mol. The second-order valence-corrected chi connectivity index (χ2v) is 2.04. The molecule has 12 heavy (non-hydrogen) atoms. The molecule has 66 valence electrons. The van der Waals surface area contributed by atoms with Crippen LogP contribution in [0.1, 0.15) is 6.92 Å². The molecule has 4 heteroatoms. The zero-order valence-electron chi connectivity index (χ0n) is 7.14. The third-order valence-electron chi connectivity index (χ3n) is 0.975. The van der Waals surface area contributed by atoms with Gasteiger partial charge in [-0.1, -0.05) is 5.92 Å². The number of ether oxygens (including phenoxy) is 1. The molecule has 0 aromatic heterocycles. The summed E-state index contributed by atoms with van der Waals surface area (Å²) in [5.74, 6) is 4.35. The summed E-state index contributed by atoms with van der Waals surface area (Å²) in [6, 6.07) is 0. The van der Waals surface area contributed by atoms with Gasteiger partial charge in [0.25, 0.3) is 0 Å². The Morgan fingerprint density at radius 1 is 1.50 bits per heavy atom. The van der Waals surface area contributed by atoms with Crippen LogP contribution in [0.2, 0.25) is 0 Å². The Bertz CT molecular complexity index is 224. The minimum Gasteiger partial charge on any atom is -0.468 e. The molecule has 0 radical (unpaired) electrons. The van der Waals surface area contributed by atoms with Gasteiger partial charge in [0, 0.05) is 6.92 Å². The molecule has 0 heterocycles. The minimum atomic E-state index is -0.348. The van der Waals surface area contributed by atoms with Gasteiger partial charge in [0.2, 0.25) is 5.78 Å². The molecule has 0 unspecified atom stereocenters. The Labute approximate surface area is 71.3 Å².